The molecule has 0 saturated carbocycles. The molecule has 1 aliphatic rings. The van der Waals surface area contributed by atoms with Crippen molar-refractivity contribution >= 4 is 21.6 Å². The minimum absolute atomic E-state index is 0.403. The van der Waals surface area contributed by atoms with Gasteiger partial charge in [-0.2, -0.15) is 12.7 Å². The van der Waals surface area contributed by atoms with Gasteiger partial charge in [0, 0.05) is 26.2 Å². The summed E-state index contributed by atoms with van der Waals surface area (Å²) in [6, 6.07) is 6.17. The van der Waals surface area contributed by atoms with Gasteiger partial charge in [0.05, 0.1) is 11.4 Å². The molecular formula is C17H21FN4O3S. The molecule has 0 aromatic heterocycles. The van der Waals surface area contributed by atoms with E-state index in [1.165, 1.54) is 26.2 Å². The van der Waals surface area contributed by atoms with E-state index < -0.39 is 21.8 Å². The van der Waals surface area contributed by atoms with Crippen LogP contribution in [0.1, 0.15) is 18.1 Å². The van der Waals surface area contributed by atoms with Crippen molar-refractivity contribution in [1.82, 2.24) is 9.73 Å². The summed E-state index contributed by atoms with van der Waals surface area (Å²) in [4.78, 5) is 0. The van der Waals surface area contributed by atoms with Crippen LogP contribution in [0, 0.1) is 5.82 Å². The molecule has 1 aliphatic heterocycles. The molecule has 0 aliphatic carbocycles. The first kappa shape index (κ1) is 18.4. The van der Waals surface area contributed by atoms with Gasteiger partial charge in [-0.05, 0) is 47.4 Å². The Bertz CT molecular complexity index is 961. The number of halogens is 1. The Balaban J connectivity index is 2.16. The summed E-state index contributed by atoms with van der Waals surface area (Å²) in [6.45, 7) is 2.35. The summed E-state index contributed by atoms with van der Waals surface area (Å²) >= 11 is 0. The number of hydrogen-bond acceptors (Lipinski definition) is 5. The predicted molar refractivity (Wildman–Crippen MR) is 99.6 cm³/mol. The van der Waals surface area contributed by atoms with E-state index in [1.54, 1.807) is 6.07 Å². The average Bonchev–Trinajstić information content (AvgIpc) is 3.05. The zero-order valence-electron chi connectivity index (χ0n) is 14.7. The first-order valence-electron chi connectivity index (χ1n) is 8.10. The maximum absolute atomic E-state index is 13.9. The van der Waals surface area contributed by atoms with Crippen LogP contribution in [0.5, 0.6) is 5.75 Å². The number of hydrazine groups is 1. The van der Waals surface area contributed by atoms with E-state index in [0.717, 1.165) is 21.1 Å². The van der Waals surface area contributed by atoms with Crippen LogP contribution in [-0.2, 0) is 23.2 Å². The lowest BCUT2D eigenvalue weighted by Crippen LogP contribution is -2.29. The summed E-state index contributed by atoms with van der Waals surface area (Å²) < 4.78 is 42.1. The van der Waals surface area contributed by atoms with Gasteiger partial charge in [-0.15, -0.1) is 0 Å². The maximum atomic E-state index is 13.9. The largest absolute Gasteiger partial charge is 0.505 e. The second-order valence-corrected chi connectivity index (χ2v) is 8.12. The quantitative estimate of drug-likeness (QED) is 0.639. The summed E-state index contributed by atoms with van der Waals surface area (Å²) in [5.41, 5.74) is 9.86. The molecule has 0 amide bonds. The molecule has 9 heteroatoms. The normalized spacial score (nSPS) is 13.6. The van der Waals surface area contributed by atoms with Gasteiger partial charge in [0.25, 0.3) is 0 Å². The Morgan fingerprint density at radius 2 is 2.00 bits per heavy atom. The second kappa shape index (κ2) is 6.75. The molecule has 0 atom stereocenters. The summed E-state index contributed by atoms with van der Waals surface area (Å²) in [6.07, 6.45) is 0.588. The van der Waals surface area contributed by atoms with Crippen molar-refractivity contribution in [3.8, 4) is 16.9 Å². The maximum Gasteiger partial charge on any atom is 0.301 e. The Kier molecular flexibility index (Phi) is 4.78. The van der Waals surface area contributed by atoms with Crippen LogP contribution in [0.15, 0.2) is 24.3 Å². The zero-order chi connectivity index (χ0) is 19.1. The van der Waals surface area contributed by atoms with E-state index in [9.17, 15) is 17.9 Å². The van der Waals surface area contributed by atoms with E-state index in [-0.39, 0.29) is 0 Å². The molecule has 0 fully saturated rings. The fourth-order valence-corrected chi connectivity index (χ4v) is 3.49. The van der Waals surface area contributed by atoms with Crippen molar-refractivity contribution in [2.24, 2.45) is 0 Å². The number of aromatic hydroxyl groups is 1. The number of rotatable bonds is 5. The topological polar surface area (TPSA) is 93.7 Å². The number of benzene rings is 2. The number of aryl methyl sites for hydroxylation is 1. The number of nitrogens with zero attached hydrogens (tertiary/aromatic N) is 1. The van der Waals surface area contributed by atoms with Gasteiger partial charge in [0.15, 0.2) is 11.6 Å². The fourth-order valence-electron chi connectivity index (χ4n) is 2.84. The predicted octanol–water partition coefficient (Wildman–Crippen LogP) is 2.41. The van der Waals surface area contributed by atoms with Crippen LogP contribution in [0.25, 0.3) is 11.1 Å². The molecule has 1 heterocycles. The van der Waals surface area contributed by atoms with Crippen LogP contribution in [0.2, 0.25) is 0 Å². The van der Waals surface area contributed by atoms with Gasteiger partial charge in [0.1, 0.15) is 0 Å². The minimum atomic E-state index is -3.69. The molecule has 0 saturated heterocycles. The molecule has 0 bridgehead atoms. The van der Waals surface area contributed by atoms with Gasteiger partial charge in [-0.1, -0.05) is 6.92 Å². The zero-order valence-corrected chi connectivity index (χ0v) is 15.5. The average molecular weight is 380 g/mol. The monoisotopic (exact) mass is 380 g/mol. The van der Waals surface area contributed by atoms with E-state index >= 15 is 0 Å². The van der Waals surface area contributed by atoms with Crippen molar-refractivity contribution in [3.63, 3.8) is 0 Å². The molecule has 0 spiro atoms. The minimum Gasteiger partial charge on any atom is -0.505 e. The van der Waals surface area contributed by atoms with E-state index in [2.05, 4.69) is 15.6 Å². The molecule has 3 rings (SSSR count). The third-order valence-corrected chi connectivity index (χ3v) is 5.76. The van der Waals surface area contributed by atoms with E-state index in [0.29, 0.717) is 29.8 Å². The summed E-state index contributed by atoms with van der Waals surface area (Å²) in [5, 5.41) is 9.63. The molecule has 2 aromatic rings. The summed E-state index contributed by atoms with van der Waals surface area (Å²) in [5.74, 6) is -1.13. The Morgan fingerprint density at radius 1 is 1.27 bits per heavy atom. The molecular weight excluding hydrogens is 359 g/mol. The van der Waals surface area contributed by atoms with Crippen LogP contribution in [0.3, 0.4) is 0 Å². The van der Waals surface area contributed by atoms with Gasteiger partial charge >= 0.3 is 10.2 Å². The fraction of sp³-hybridized carbons (Fsp3) is 0.294. The number of anilines is 2. The van der Waals surface area contributed by atoms with Crippen LogP contribution < -0.4 is 15.6 Å². The molecule has 2 aromatic carbocycles. The van der Waals surface area contributed by atoms with Crippen LogP contribution in [-0.4, -0.2) is 31.9 Å². The highest BCUT2D eigenvalue weighted by molar-refractivity contribution is 7.90. The smallest absolute Gasteiger partial charge is 0.301 e. The highest BCUT2D eigenvalue weighted by Crippen LogP contribution is 2.37. The number of phenols is 1. The van der Waals surface area contributed by atoms with Gasteiger partial charge in [-0.25, -0.2) is 9.82 Å². The standard InChI is InChI=1S/C17H21FN4O3S/c1-4-10-7-17(23)14(18)8-12(10)11-5-15-13(9-19-20-15)16(6-11)21-26(24,25)22(2)3/h5-8,19-21,23H,4,9H2,1-3H3. The Morgan fingerprint density at radius 3 is 2.65 bits per heavy atom. The van der Waals surface area contributed by atoms with Crippen LogP contribution in [0.4, 0.5) is 15.8 Å². The van der Waals surface area contributed by atoms with Gasteiger partial charge in [0.2, 0.25) is 0 Å². The summed E-state index contributed by atoms with van der Waals surface area (Å²) in [7, 11) is -0.813. The lowest BCUT2D eigenvalue weighted by molar-refractivity contribution is 0.432. The second-order valence-electron chi connectivity index (χ2n) is 6.23. The third kappa shape index (κ3) is 3.33. The lowest BCUT2D eigenvalue weighted by Gasteiger charge is -2.18. The Labute approximate surface area is 152 Å². The number of nitrogens with one attached hydrogen (secondary N) is 3. The van der Waals surface area contributed by atoms with Crippen molar-refractivity contribution in [3.05, 3.63) is 41.2 Å². The van der Waals surface area contributed by atoms with Crippen molar-refractivity contribution in [2.75, 3.05) is 24.2 Å². The lowest BCUT2D eigenvalue weighted by atomic mass is 9.95. The van der Waals surface area contributed by atoms with E-state index in [4.69, 9.17) is 0 Å². The van der Waals surface area contributed by atoms with Crippen LogP contribution >= 0.6 is 0 Å². The molecule has 26 heavy (non-hydrogen) atoms. The Hall–Kier alpha value is -2.36. The highest BCUT2D eigenvalue weighted by Gasteiger charge is 2.22. The van der Waals surface area contributed by atoms with Gasteiger partial charge in [-0.3, -0.25) is 4.72 Å². The third-order valence-electron chi connectivity index (χ3n) is 4.32. The SMILES string of the molecule is CCc1cc(O)c(F)cc1-c1cc2c(c(NS(=O)(=O)N(C)C)c1)CNN2. The highest BCUT2D eigenvalue weighted by atomic mass is 32.2. The number of phenolic OH excluding ortho intramolecular Hbond substituents is 1. The number of hydrogen-bond donors (Lipinski definition) is 4. The molecule has 0 unspecified atom stereocenters. The number of fused-ring (bicyclic) bond motifs is 1. The van der Waals surface area contributed by atoms with Crippen molar-refractivity contribution in [1.29, 1.82) is 0 Å². The van der Waals surface area contributed by atoms with Gasteiger partial charge < -0.3 is 10.5 Å². The van der Waals surface area contributed by atoms with Crippen molar-refractivity contribution in [2.45, 2.75) is 19.9 Å². The molecule has 7 nitrogen and oxygen atoms in total. The first-order valence-corrected chi connectivity index (χ1v) is 9.54. The first-order chi connectivity index (χ1) is 12.2. The van der Waals surface area contributed by atoms with Crippen molar-refractivity contribution < 1.29 is 17.9 Å². The molecule has 140 valence electrons. The molecule has 0 radical (unpaired) electrons. The van der Waals surface area contributed by atoms with E-state index in [1.807, 2.05) is 13.0 Å². The molecule has 4 N–H and O–H groups in total.